The van der Waals surface area contributed by atoms with E-state index in [1.54, 1.807) is 0 Å². The zero-order valence-electron chi connectivity index (χ0n) is 12.1. The maximum absolute atomic E-state index is 5.46. The van der Waals surface area contributed by atoms with Gasteiger partial charge in [0.05, 0.1) is 6.61 Å². The smallest absolute Gasteiger partial charge is 0.119 e. The SMILES string of the molecule is CCOc1ccc(C(C)Nc2cc(C)cc(Br)c2)cc1. The lowest BCUT2D eigenvalue weighted by Gasteiger charge is -2.17. The molecule has 2 nitrogen and oxygen atoms in total. The molecule has 0 fully saturated rings. The van der Waals surface area contributed by atoms with Gasteiger partial charge in [-0.25, -0.2) is 0 Å². The Bertz CT molecular complexity index is 545. The summed E-state index contributed by atoms with van der Waals surface area (Å²) in [4.78, 5) is 0. The molecule has 0 bridgehead atoms. The second-order valence-corrected chi connectivity index (χ2v) is 5.80. The van der Waals surface area contributed by atoms with E-state index in [0.29, 0.717) is 6.61 Å². The van der Waals surface area contributed by atoms with Gasteiger partial charge in [0.1, 0.15) is 5.75 Å². The van der Waals surface area contributed by atoms with E-state index >= 15 is 0 Å². The Morgan fingerprint density at radius 3 is 2.45 bits per heavy atom. The standard InChI is InChI=1S/C17H20BrNO/c1-4-20-17-7-5-14(6-8-17)13(3)19-16-10-12(2)9-15(18)11-16/h5-11,13,19H,4H2,1-3H3. The fourth-order valence-corrected chi connectivity index (χ4v) is 2.78. The molecule has 3 heteroatoms. The van der Waals surface area contributed by atoms with Crippen molar-refractivity contribution < 1.29 is 4.74 Å². The minimum absolute atomic E-state index is 0.249. The van der Waals surface area contributed by atoms with Crippen molar-refractivity contribution in [3.8, 4) is 5.75 Å². The second-order valence-electron chi connectivity index (χ2n) is 4.89. The van der Waals surface area contributed by atoms with E-state index in [-0.39, 0.29) is 6.04 Å². The van der Waals surface area contributed by atoms with Gasteiger partial charge in [-0.15, -0.1) is 0 Å². The molecule has 2 aromatic rings. The third-order valence-corrected chi connectivity index (χ3v) is 3.57. The van der Waals surface area contributed by atoms with Crippen molar-refractivity contribution in [3.05, 3.63) is 58.1 Å². The van der Waals surface area contributed by atoms with Crippen LogP contribution in [0.2, 0.25) is 0 Å². The van der Waals surface area contributed by atoms with Crippen molar-refractivity contribution in [3.63, 3.8) is 0 Å². The Kier molecular flexibility index (Phi) is 5.07. The molecule has 0 saturated carbocycles. The molecule has 0 aliphatic carbocycles. The second kappa shape index (κ2) is 6.80. The number of ether oxygens (including phenoxy) is 1. The van der Waals surface area contributed by atoms with Crippen LogP contribution in [-0.2, 0) is 0 Å². The summed E-state index contributed by atoms with van der Waals surface area (Å²) < 4.78 is 6.56. The highest BCUT2D eigenvalue weighted by Gasteiger charge is 2.06. The van der Waals surface area contributed by atoms with Gasteiger partial charge in [-0.1, -0.05) is 28.1 Å². The molecule has 0 saturated heterocycles. The number of nitrogens with one attached hydrogen (secondary N) is 1. The minimum atomic E-state index is 0.249. The summed E-state index contributed by atoms with van der Waals surface area (Å²) in [6.45, 7) is 6.95. The first kappa shape index (κ1) is 14.9. The van der Waals surface area contributed by atoms with E-state index in [4.69, 9.17) is 4.74 Å². The summed E-state index contributed by atoms with van der Waals surface area (Å²) in [6.07, 6.45) is 0. The third-order valence-electron chi connectivity index (χ3n) is 3.12. The van der Waals surface area contributed by atoms with E-state index in [9.17, 15) is 0 Å². The highest BCUT2D eigenvalue weighted by Crippen LogP contribution is 2.25. The largest absolute Gasteiger partial charge is 0.494 e. The van der Waals surface area contributed by atoms with Gasteiger partial charge in [0.2, 0.25) is 0 Å². The highest BCUT2D eigenvalue weighted by molar-refractivity contribution is 9.10. The monoisotopic (exact) mass is 333 g/mol. The molecule has 1 N–H and O–H groups in total. The van der Waals surface area contributed by atoms with E-state index < -0.39 is 0 Å². The molecule has 0 aromatic heterocycles. The van der Waals surface area contributed by atoms with Gasteiger partial charge in [0.25, 0.3) is 0 Å². The number of hydrogen-bond acceptors (Lipinski definition) is 2. The van der Waals surface area contributed by atoms with Crippen LogP contribution < -0.4 is 10.1 Å². The molecule has 106 valence electrons. The first-order valence-corrected chi connectivity index (χ1v) is 7.64. The topological polar surface area (TPSA) is 21.3 Å². The molecular weight excluding hydrogens is 314 g/mol. The van der Waals surface area contributed by atoms with E-state index in [2.05, 4.69) is 65.4 Å². The molecule has 0 spiro atoms. The van der Waals surface area contributed by atoms with Crippen LogP contribution in [0.15, 0.2) is 46.9 Å². The van der Waals surface area contributed by atoms with Crippen molar-refractivity contribution in [2.24, 2.45) is 0 Å². The molecule has 1 atom stereocenters. The van der Waals surface area contributed by atoms with Crippen molar-refractivity contribution in [2.45, 2.75) is 26.8 Å². The summed E-state index contributed by atoms with van der Waals surface area (Å²) in [5.74, 6) is 0.918. The zero-order valence-corrected chi connectivity index (χ0v) is 13.7. The quantitative estimate of drug-likeness (QED) is 0.798. The lowest BCUT2D eigenvalue weighted by Crippen LogP contribution is -2.06. The molecule has 0 aliphatic rings. The molecule has 0 aliphatic heterocycles. The number of benzene rings is 2. The van der Waals surface area contributed by atoms with Crippen LogP contribution in [0, 0.1) is 6.92 Å². The van der Waals surface area contributed by atoms with Crippen LogP contribution in [0.4, 0.5) is 5.69 Å². The van der Waals surface area contributed by atoms with Gasteiger partial charge >= 0.3 is 0 Å². The lowest BCUT2D eigenvalue weighted by atomic mass is 10.1. The summed E-state index contributed by atoms with van der Waals surface area (Å²) in [7, 11) is 0. The summed E-state index contributed by atoms with van der Waals surface area (Å²) >= 11 is 3.53. The molecule has 2 rings (SSSR count). The fourth-order valence-electron chi connectivity index (χ4n) is 2.17. The Hall–Kier alpha value is -1.48. The number of rotatable bonds is 5. The zero-order chi connectivity index (χ0) is 14.5. The number of aryl methyl sites for hydroxylation is 1. The van der Waals surface area contributed by atoms with E-state index in [1.165, 1.54) is 11.1 Å². The predicted octanol–water partition coefficient (Wildman–Crippen LogP) is 5.33. The Labute approximate surface area is 129 Å². The third kappa shape index (κ3) is 4.01. The Morgan fingerprint density at radius 1 is 1.15 bits per heavy atom. The van der Waals surface area contributed by atoms with Crippen molar-refractivity contribution >= 4 is 21.6 Å². The minimum Gasteiger partial charge on any atom is -0.494 e. The normalized spacial score (nSPS) is 12.0. The lowest BCUT2D eigenvalue weighted by molar-refractivity contribution is 0.340. The van der Waals surface area contributed by atoms with Crippen LogP contribution in [-0.4, -0.2) is 6.61 Å². The van der Waals surface area contributed by atoms with Crippen LogP contribution >= 0.6 is 15.9 Å². The number of hydrogen-bond donors (Lipinski definition) is 1. The maximum atomic E-state index is 5.46. The molecule has 0 radical (unpaired) electrons. The average Bonchev–Trinajstić information content (AvgIpc) is 2.38. The van der Waals surface area contributed by atoms with Gasteiger partial charge in [0, 0.05) is 16.2 Å². The first-order chi connectivity index (χ1) is 9.58. The van der Waals surface area contributed by atoms with Crippen LogP contribution in [0.1, 0.15) is 31.0 Å². The summed E-state index contributed by atoms with van der Waals surface area (Å²) in [5, 5.41) is 3.52. The van der Waals surface area contributed by atoms with Crippen molar-refractivity contribution in [2.75, 3.05) is 11.9 Å². The molecule has 1 unspecified atom stereocenters. The summed E-state index contributed by atoms with van der Waals surface area (Å²) in [5.41, 5.74) is 3.60. The van der Waals surface area contributed by atoms with Crippen LogP contribution in [0.5, 0.6) is 5.75 Å². The summed E-state index contributed by atoms with van der Waals surface area (Å²) in [6, 6.07) is 14.8. The Balaban J connectivity index is 2.08. The van der Waals surface area contributed by atoms with E-state index in [0.717, 1.165) is 15.9 Å². The van der Waals surface area contributed by atoms with Gasteiger partial charge in [-0.3, -0.25) is 0 Å². The molecule has 20 heavy (non-hydrogen) atoms. The van der Waals surface area contributed by atoms with Gasteiger partial charge < -0.3 is 10.1 Å². The highest BCUT2D eigenvalue weighted by atomic mass is 79.9. The molecule has 2 aromatic carbocycles. The maximum Gasteiger partial charge on any atom is 0.119 e. The Morgan fingerprint density at radius 2 is 1.85 bits per heavy atom. The molecule has 0 heterocycles. The number of halogens is 1. The van der Waals surface area contributed by atoms with Crippen molar-refractivity contribution in [1.29, 1.82) is 0 Å². The van der Waals surface area contributed by atoms with Gasteiger partial charge in [-0.2, -0.15) is 0 Å². The van der Waals surface area contributed by atoms with Crippen LogP contribution in [0.3, 0.4) is 0 Å². The van der Waals surface area contributed by atoms with Crippen molar-refractivity contribution in [1.82, 2.24) is 0 Å². The van der Waals surface area contributed by atoms with Crippen LogP contribution in [0.25, 0.3) is 0 Å². The predicted molar refractivity (Wildman–Crippen MR) is 88.5 cm³/mol. The van der Waals surface area contributed by atoms with Gasteiger partial charge in [0.15, 0.2) is 0 Å². The number of anilines is 1. The molecular formula is C17H20BrNO. The first-order valence-electron chi connectivity index (χ1n) is 6.85. The molecule has 0 amide bonds. The fraction of sp³-hybridized carbons (Fsp3) is 0.294. The van der Waals surface area contributed by atoms with E-state index in [1.807, 2.05) is 19.1 Å². The van der Waals surface area contributed by atoms with Gasteiger partial charge in [-0.05, 0) is 62.2 Å². The average molecular weight is 334 g/mol.